The number of halogens is 1. The van der Waals surface area contributed by atoms with Gasteiger partial charge in [0, 0.05) is 55.9 Å². The molecule has 4 aromatic rings. The Kier molecular flexibility index (Phi) is 10.1. The maximum Gasteiger partial charge on any atom is 1.00 e. The summed E-state index contributed by atoms with van der Waals surface area (Å²) < 4.78 is 34.0. The number of fused-ring (bicyclic) bond motifs is 1. The summed E-state index contributed by atoms with van der Waals surface area (Å²) in [6.45, 7) is 5.35. The van der Waals surface area contributed by atoms with Gasteiger partial charge in [0.1, 0.15) is 28.7 Å². The molecule has 0 unspecified atom stereocenters. The summed E-state index contributed by atoms with van der Waals surface area (Å²) in [6, 6.07) is 12.2. The first-order valence-electron chi connectivity index (χ1n) is 15.2. The normalized spacial score (nSPS) is 15.0. The number of aromatic nitrogens is 2. The van der Waals surface area contributed by atoms with E-state index in [0.717, 1.165) is 17.2 Å². The molecular weight excluding hydrogens is 616 g/mol. The fourth-order valence-corrected chi connectivity index (χ4v) is 6.20. The van der Waals surface area contributed by atoms with Crippen molar-refractivity contribution in [3.8, 4) is 39.5 Å². The number of ketones is 1. The first-order chi connectivity index (χ1) is 22.1. The van der Waals surface area contributed by atoms with Gasteiger partial charge in [-0.1, -0.05) is 12.1 Å². The van der Waals surface area contributed by atoms with Gasteiger partial charge in [-0.05, 0) is 61.4 Å². The van der Waals surface area contributed by atoms with Crippen molar-refractivity contribution in [1.29, 1.82) is 0 Å². The third-order valence-electron chi connectivity index (χ3n) is 8.48. The number of benzene rings is 3. The van der Waals surface area contributed by atoms with E-state index in [9.17, 15) is 23.9 Å². The second-order valence-corrected chi connectivity index (χ2v) is 11.5. The van der Waals surface area contributed by atoms with Crippen molar-refractivity contribution in [2.24, 2.45) is 7.05 Å². The largest absolute Gasteiger partial charge is 1.00 e. The molecule has 0 bridgehead atoms. The van der Waals surface area contributed by atoms with Crippen LogP contribution >= 0.6 is 0 Å². The smallest absolute Gasteiger partial charge is 0.545 e. The molecule has 47 heavy (non-hydrogen) atoms. The van der Waals surface area contributed by atoms with Crippen LogP contribution in [-0.2, 0) is 7.05 Å². The molecule has 0 N–H and O–H groups in total. The van der Waals surface area contributed by atoms with Gasteiger partial charge in [0.15, 0.2) is 5.78 Å². The van der Waals surface area contributed by atoms with E-state index in [0.29, 0.717) is 78.6 Å². The predicted molar refractivity (Wildman–Crippen MR) is 165 cm³/mol. The summed E-state index contributed by atoms with van der Waals surface area (Å²) in [7, 11) is 1.83. The Bertz CT molecular complexity index is 1820. The van der Waals surface area contributed by atoms with E-state index in [2.05, 4.69) is 5.10 Å². The van der Waals surface area contributed by atoms with Crippen LogP contribution in [0, 0.1) is 5.82 Å². The molecular formula is C35H33FN3NaO7. The number of carboxylic acids is 1. The summed E-state index contributed by atoms with van der Waals surface area (Å²) in [5.74, 6) is -1.29. The molecule has 6 rings (SSSR count). The number of carboxylic acid groups (broad SMARTS) is 1. The van der Waals surface area contributed by atoms with E-state index in [-0.39, 0.29) is 47.7 Å². The Hall–Kier alpha value is -4.19. The molecule has 1 spiro atoms. The van der Waals surface area contributed by atoms with Crippen LogP contribution < -0.4 is 48.9 Å². The number of hydrogen-bond acceptors (Lipinski definition) is 8. The summed E-state index contributed by atoms with van der Waals surface area (Å²) >= 11 is 0. The van der Waals surface area contributed by atoms with Crippen LogP contribution in [0.15, 0.2) is 60.9 Å². The van der Waals surface area contributed by atoms with Crippen LogP contribution in [0.1, 0.15) is 64.2 Å². The molecule has 10 nitrogen and oxygen atoms in total. The minimum absolute atomic E-state index is 0. The molecule has 2 aliphatic rings. The van der Waals surface area contributed by atoms with Gasteiger partial charge in [-0.15, -0.1) is 0 Å². The van der Waals surface area contributed by atoms with Crippen LogP contribution in [0.4, 0.5) is 4.39 Å². The zero-order valence-corrected chi connectivity index (χ0v) is 28.8. The number of hydrogen-bond donors (Lipinski definition) is 0. The zero-order valence-electron chi connectivity index (χ0n) is 26.8. The summed E-state index contributed by atoms with van der Waals surface area (Å²) in [5, 5.41) is 15.6. The van der Waals surface area contributed by atoms with E-state index in [1.807, 2.05) is 27.1 Å². The van der Waals surface area contributed by atoms with E-state index in [4.69, 9.17) is 14.2 Å². The number of Topliss-reactive ketones (excluding diaryl/α,β-unsaturated/α-hetero) is 1. The first-order valence-corrected chi connectivity index (χ1v) is 15.2. The first kappa shape index (κ1) is 34.2. The van der Waals surface area contributed by atoms with E-state index >= 15 is 0 Å². The average molecular weight is 650 g/mol. The van der Waals surface area contributed by atoms with Crippen LogP contribution in [0.25, 0.3) is 22.3 Å². The van der Waals surface area contributed by atoms with Crippen molar-refractivity contribution in [3.63, 3.8) is 0 Å². The van der Waals surface area contributed by atoms with Crippen LogP contribution in [-0.4, -0.2) is 64.2 Å². The molecule has 1 fully saturated rings. The van der Waals surface area contributed by atoms with Gasteiger partial charge in [0.25, 0.3) is 5.91 Å². The fraction of sp³-hybridized carbons (Fsp3) is 0.314. The SMILES string of the molecule is CCOc1cc(C(=O)N2CCC3(CC2)CC(=O)c2cc(-c4ccc(F)c(C(=O)[O-])c4)ccc2O3)cc(OCC)c1-c1cnn(C)c1.[Na+]. The molecule has 0 radical (unpaired) electrons. The number of ether oxygens (including phenoxy) is 3. The third kappa shape index (κ3) is 6.79. The average Bonchev–Trinajstić information content (AvgIpc) is 3.46. The molecule has 3 heterocycles. The summed E-state index contributed by atoms with van der Waals surface area (Å²) in [6.07, 6.45) is 4.66. The molecule has 2 aliphatic heterocycles. The van der Waals surface area contributed by atoms with Gasteiger partial charge in [0.05, 0.1) is 42.9 Å². The molecule has 3 aromatic carbocycles. The van der Waals surface area contributed by atoms with Gasteiger partial charge >= 0.3 is 29.6 Å². The Morgan fingerprint density at radius 2 is 1.62 bits per heavy atom. The van der Waals surface area contributed by atoms with Gasteiger partial charge in [-0.3, -0.25) is 14.3 Å². The topological polar surface area (TPSA) is 123 Å². The van der Waals surface area contributed by atoms with Crippen LogP contribution in [0.2, 0.25) is 0 Å². The molecule has 0 atom stereocenters. The Morgan fingerprint density at radius 3 is 2.21 bits per heavy atom. The molecule has 1 amide bonds. The molecule has 1 aromatic heterocycles. The monoisotopic (exact) mass is 649 g/mol. The van der Waals surface area contributed by atoms with Gasteiger partial charge < -0.3 is 29.0 Å². The number of carbonyl (C=O) groups is 3. The number of aryl methyl sites for hydroxylation is 1. The fourth-order valence-electron chi connectivity index (χ4n) is 6.20. The maximum atomic E-state index is 13.9. The molecule has 12 heteroatoms. The number of amides is 1. The Morgan fingerprint density at radius 1 is 0.979 bits per heavy atom. The van der Waals surface area contributed by atoms with Crippen LogP contribution in [0.3, 0.4) is 0 Å². The second kappa shape index (κ2) is 13.9. The Labute approximate surface area is 293 Å². The van der Waals surface area contributed by atoms with Gasteiger partial charge in [-0.25, -0.2) is 4.39 Å². The van der Waals surface area contributed by atoms with Crippen LogP contribution in [0.5, 0.6) is 17.2 Å². The second-order valence-electron chi connectivity index (χ2n) is 11.5. The van der Waals surface area contributed by atoms with E-state index < -0.39 is 23.0 Å². The van der Waals surface area contributed by atoms with Crippen molar-refractivity contribution in [2.45, 2.75) is 38.7 Å². The van der Waals surface area contributed by atoms with Crippen molar-refractivity contribution < 1.29 is 67.6 Å². The third-order valence-corrected chi connectivity index (χ3v) is 8.48. The molecule has 238 valence electrons. The minimum Gasteiger partial charge on any atom is -0.545 e. The Balaban J connectivity index is 0.00000433. The van der Waals surface area contributed by atoms with Crippen molar-refractivity contribution >= 4 is 17.7 Å². The molecule has 0 aliphatic carbocycles. The number of aromatic carboxylic acids is 1. The van der Waals surface area contributed by atoms with Gasteiger partial charge in [0.2, 0.25) is 0 Å². The maximum absolute atomic E-state index is 13.9. The van der Waals surface area contributed by atoms with Crippen molar-refractivity contribution in [2.75, 3.05) is 26.3 Å². The number of rotatable bonds is 8. The molecule has 1 saturated heterocycles. The molecule has 0 saturated carbocycles. The predicted octanol–water partition coefficient (Wildman–Crippen LogP) is 1.70. The quantitative estimate of drug-likeness (QED) is 0.265. The van der Waals surface area contributed by atoms with E-state index in [1.54, 1.807) is 46.1 Å². The summed E-state index contributed by atoms with van der Waals surface area (Å²) in [4.78, 5) is 40.2. The number of piperidine rings is 1. The zero-order chi connectivity index (χ0) is 32.6. The number of likely N-dealkylation sites (tertiary alicyclic amines) is 1. The minimum atomic E-state index is -1.62. The van der Waals surface area contributed by atoms with Crippen molar-refractivity contribution in [1.82, 2.24) is 14.7 Å². The summed E-state index contributed by atoms with van der Waals surface area (Å²) in [5.41, 5.74) is 2.07. The van der Waals surface area contributed by atoms with E-state index in [1.165, 1.54) is 12.1 Å². The van der Waals surface area contributed by atoms with Gasteiger partial charge in [-0.2, -0.15) is 5.10 Å². The standard InChI is InChI=1S/C35H34FN3O7.Na/c1-4-44-30-16-23(17-31(45-5-2)32(30)24-19-37-38(3)20-24)33(41)39-12-10-35(11-13-39)18-28(40)26-15-22(7-9-29(26)46-35)21-6-8-27(36)25(14-21)34(42)43;/h6-9,14-17,19-20H,4-5,10-13,18H2,1-3H3,(H,42,43);/q;+1/p-1. The number of carbonyl (C=O) groups excluding carboxylic acids is 3. The number of nitrogens with zero attached hydrogens (tertiary/aromatic N) is 3. The van der Waals surface area contributed by atoms with Crippen molar-refractivity contribution in [3.05, 3.63) is 83.4 Å².